The molecule has 0 aromatic carbocycles. The second kappa shape index (κ2) is 7.84. The van der Waals surface area contributed by atoms with Crippen LogP contribution in [-0.4, -0.2) is 66.3 Å². The predicted octanol–water partition coefficient (Wildman–Crippen LogP) is 1.37. The molecule has 0 aromatic rings. The first-order chi connectivity index (χ1) is 9.33. The van der Waals surface area contributed by atoms with E-state index < -0.39 is 0 Å². The van der Waals surface area contributed by atoms with Gasteiger partial charge in [-0.05, 0) is 32.1 Å². The van der Waals surface area contributed by atoms with E-state index in [1.165, 1.54) is 6.42 Å². The molecule has 1 rings (SSSR count). The van der Waals surface area contributed by atoms with Crippen molar-refractivity contribution in [3.05, 3.63) is 0 Å². The summed E-state index contributed by atoms with van der Waals surface area (Å²) in [4.78, 5) is 16.0. The Morgan fingerprint density at radius 2 is 1.90 bits per heavy atom. The van der Waals surface area contributed by atoms with Crippen LogP contribution in [-0.2, 0) is 0 Å². The molecule has 0 saturated carbocycles. The number of nitrogens with zero attached hydrogens (tertiary/aromatic N) is 2. The third-order valence-corrected chi connectivity index (χ3v) is 4.09. The summed E-state index contributed by atoms with van der Waals surface area (Å²) in [6, 6.07) is -0.150. The van der Waals surface area contributed by atoms with Crippen molar-refractivity contribution in [2.75, 3.05) is 33.3 Å². The quantitative estimate of drug-likeness (QED) is 0.802. The van der Waals surface area contributed by atoms with Gasteiger partial charge in [-0.3, -0.25) is 0 Å². The number of likely N-dealkylation sites (N-methyl/N-ethyl adjacent to an activating group) is 1. The highest BCUT2D eigenvalue weighted by Gasteiger charge is 2.24. The maximum atomic E-state index is 12.0. The third kappa shape index (κ3) is 5.29. The van der Waals surface area contributed by atoms with Crippen LogP contribution in [0.2, 0.25) is 0 Å². The van der Waals surface area contributed by atoms with E-state index in [1.807, 2.05) is 13.8 Å². The minimum Gasteiger partial charge on any atom is -0.394 e. The van der Waals surface area contributed by atoms with Gasteiger partial charge in [0, 0.05) is 32.7 Å². The number of aliphatic hydroxyl groups excluding tert-OH is 1. The lowest BCUT2D eigenvalue weighted by molar-refractivity contribution is 0.125. The zero-order valence-electron chi connectivity index (χ0n) is 13.6. The van der Waals surface area contributed by atoms with Crippen LogP contribution in [0.15, 0.2) is 0 Å². The monoisotopic (exact) mass is 285 g/mol. The molecule has 1 fully saturated rings. The van der Waals surface area contributed by atoms with Crippen LogP contribution in [0.4, 0.5) is 4.79 Å². The number of amides is 2. The molecule has 4 unspecified atom stereocenters. The Morgan fingerprint density at radius 3 is 2.40 bits per heavy atom. The Balaban J connectivity index is 2.39. The van der Waals surface area contributed by atoms with Gasteiger partial charge in [0.25, 0.3) is 0 Å². The SMILES string of the molecule is CC1CC(C)CN(CC(C)NC(=O)N(C)C(C)CO)C1. The van der Waals surface area contributed by atoms with Gasteiger partial charge in [-0.15, -0.1) is 0 Å². The fourth-order valence-electron chi connectivity index (χ4n) is 3.01. The molecule has 118 valence electrons. The van der Waals surface area contributed by atoms with Crippen molar-refractivity contribution in [2.24, 2.45) is 11.8 Å². The van der Waals surface area contributed by atoms with E-state index in [2.05, 4.69) is 24.1 Å². The molecule has 20 heavy (non-hydrogen) atoms. The number of piperidine rings is 1. The Bertz CT molecular complexity index is 301. The van der Waals surface area contributed by atoms with Crippen LogP contribution < -0.4 is 5.32 Å². The first-order valence-corrected chi connectivity index (χ1v) is 7.70. The number of urea groups is 1. The Kier molecular flexibility index (Phi) is 6.76. The first kappa shape index (κ1) is 17.2. The molecule has 0 aliphatic carbocycles. The van der Waals surface area contributed by atoms with E-state index in [4.69, 9.17) is 5.11 Å². The van der Waals surface area contributed by atoms with Crippen molar-refractivity contribution in [1.29, 1.82) is 0 Å². The summed E-state index contributed by atoms with van der Waals surface area (Å²) in [7, 11) is 1.72. The zero-order valence-corrected chi connectivity index (χ0v) is 13.6. The lowest BCUT2D eigenvalue weighted by Crippen LogP contribution is -2.51. The van der Waals surface area contributed by atoms with Crippen molar-refractivity contribution in [2.45, 2.75) is 46.2 Å². The number of nitrogens with one attached hydrogen (secondary N) is 1. The summed E-state index contributed by atoms with van der Waals surface area (Å²) in [6.07, 6.45) is 1.30. The molecule has 0 aromatic heterocycles. The number of rotatable bonds is 5. The van der Waals surface area contributed by atoms with E-state index in [-0.39, 0.29) is 24.7 Å². The minimum absolute atomic E-state index is 0.0144. The maximum absolute atomic E-state index is 12.0. The Morgan fingerprint density at radius 1 is 1.35 bits per heavy atom. The van der Waals surface area contributed by atoms with Gasteiger partial charge in [0.1, 0.15) is 0 Å². The van der Waals surface area contributed by atoms with E-state index in [0.717, 1.165) is 31.5 Å². The number of hydrogen-bond donors (Lipinski definition) is 2. The number of likely N-dealkylation sites (tertiary alicyclic amines) is 1. The number of hydrogen-bond acceptors (Lipinski definition) is 3. The van der Waals surface area contributed by atoms with Gasteiger partial charge in [-0.1, -0.05) is 13.8 Å². The van der Waals surface area contributed by atoms with E-state index in [9.17, 15) is 4.79 Å². The molecule has 2 N–H and O–H groups in total. The fraction of sp³-hybridized carbons (Fsp3) is 0.933. The highest BCUT2D eigenvalue weighted by Crippen LogP contribution is 2.20. The van der Waals surface area contributed by atoms with Crippen molar-refractivity contribution in [3.8, 4) is 0 Å². The van der Waals surface area contributed by atoms with Crippen molar-refractivity contribution < 1.29 is 9.90 Å². The highest BCUT2D eigenvalue weighted by atomic mass is 16.3. The molecule has 4 atom stereocenters. The van der Waals surface area contributed by atoms with Crippen molar-refractivity contribution >= 4 is 6.03 Å². The van der Waals surface area contributed by atoms with E-state index in [1.54, 1.807) is 11.9 Å². The summed E-state index contributed by atoms with van der Waals surface area (Å²) < 4.78 is 0. The average molecular weight is 285 g/mol. The van der Waals surface area contributed by atoms with Crippen LogP contribution in [0.1, 0.15) is 34.1 Å². The van der Waals surface area contributed by atoms with Crippen molar-refractivity contribution in [1.82, 2.24) is 15.1 Å². The summed E-state index contributed by atoms with van der Waals surface area (Å²) >= 11 is 0. The molecule has 5 nitrogen and oxygen atoms in total. The van der Waals surface area contributed by atoms with Crippen LogP contribution in [0.25, 0.3) is 0 Å². The highest BCUT2D eigenvalue weighted by molar-refractivity contribution is 5.74. The first-order valence-electron chi connectivity index (χ1n) is 7.70. The Hall–Kier alpha value is -0.810. The zero-order chi connectivity index (χ0) is 15.3. The summed E-state index contributed by atoms with van der Waals surface area (Å²) in [5, 5.41) is 12.1. The molecule has 1 saturated heterocycles. The van der Waals surface area contributed by atoms with Gasteiger partial charge in [-0.25, -0.2) is 4.79 Å². The smallest absolute Gasteiger partial charge is 0.317 e. The van der Waals surface area contributed by atoms with Gasteiger partial charge in [0.15, 0.2) is 0 Å². The number of carbonyl (C=O) groups excluding carboxylic acids is 1. The van der Waals surface area contributed by atoms with E-state index >= 15 is 0 Å². The second-order valence-electron chi connectivity index (χ2n) is 6.66. The topological polar surface area (TPSA) is 55.8 Å². The van der Waals surface area contributed by atoms with Crippen LogP contribution in [0.5, 0.6) is 0 Å². The third-order valence-electron chi connectivity index (χ3n) is 4.09. The minimum atomic E-state index is -0.155. The van der Waals surface area contributed by atoms with Crippen molar-refractivity contribution in [3.63, 3.8) is 0 Å². The summed E-state index contributed by atoms with van der Waals surface area (Å²) in [6.45, 7) is 11.6. The molecule has 1 heterocycles. The average Bonchev–Trinajstić information content (AvgIpc) is 2.35. The second-order valence-corrected chi connectivity index (χ2v) is 6.66. The number of carbonyl (C=O) groups is 1. The maximum Gasteiger partial charge on any atom is 0.317 e. The summed E-state index contributed by atoms with van der Waals surface area (Å²) in [5.41, 5.74) is 0. The molecule has 0 bridgehead atoms. The molecule has 5 heteroatoms. The van der Waals surface area contributed by atoms with Gasteiger partial charge < -0.3 is 20.2 Å². The molecule has 1 aliphatic heterocycles. The van der Waals surface area contributed by atoms with Gasteiger partial charge in [-0.2, -0.15) is 0 Å². The lowest BCUT2D eigenvalue weighted by atomic mass is 9.92. The predicted molar refractivity (Wildman–Crippen MR) is 81.7 cm³/mol. The molecule has 0 radical (unpaired) electrons. The molecular weight excluding hydrogens is 254 g/mol. The van der Waals surface area contributed by atoms with Crippen LogP contribution in [0, 0.1) is 11.8 Å². The van der Waals surface area contributed by atoms with Crippen LogP contribution >= 0.6 is 0 Å². The number of aliphatic hydroxyl groups is 1. The molecular formula is C15H31N3O2. The van der Waals surface area contributed by atoms with Crippen LogP contribution in [0.3, 0.4) is 0 Å². The normalized spacial score (nSPS) is 26.9. The molecule has 1 aliphatic rings. The van der Waals surface area contributed by atoms with Gasteiger partial charge in [0.2, 0.25) is 0 Å². The van der Waals surface area contributed by atoms with Gasteiger partial charge in [0.05, 0.1) is 12.6 Å². The fourth-order valence-corrected chi connectivity index (χ4v) is 3.01. The lowest BCUT2D eigenvalue weighted by Gasteiger charge is -2.36. The molecule has 2 amide bonds. The largest absolute Gasteiger partial charge is 0.394 e. The standard InChI is InChI=1S/C15H31N3O2/c1-11-6-12(2)8-18(7-11)9-13(3)16-15(20)17(5)14(4)10-19/h11-14,19H,6-10H2,1-5H3,(H,16,20). The summed E-state index contributed by atoms with van der Waals surface area (Å²) in [5.74, 6) is 1.47. The Labute approximate surface area is 123 Å². The van der Waals surface area contributed by atoms with Gasteiger partial charge >= 0.3 is 6.03 Å². The van der Waals surface area contributed by atoms with E-state index in [0.29, 0.717) is 0 Å². The molecule has 0 spiro atoms.